The molecular weight excluding hydrogens is 232 g/mol. The number of aryl methyl sites for hydroxylation is 1. The van der Waals surface area contributed by atoms with Gasteiger partial charge in [-0.1, -0.05) is 5.59 Å². The largest absolute Gasteiger partial charge is 0.356 e. The fourth-order valence-electron chi connectivity index (χ4n) is 1.17. The average molecular weight is 242 g/mol. The highest BCUT2D eigenvalue weighted by molar-refractivity contribution is 5.68. The van der Waals surface area contributed by atoms with Gasteiger partial charge in [-0.25, -0.2) is 5.84 Å². The highest BCUT2D eigenvalue weighted by Crippen LogP contribution is 2.02. The molecule has 0 amide bonds. The molecule has 0 fully saturated rings. The molecule has 0 aromatic carbocycles. The van der Waals surface area contributed by atoms with E-state index >= 15 is 0 Å². The number of hydrogen-bond acceptors (Lipinski definition) is 7. The fraction of sp³-hybridized carbons (Fsp3) is 0.250. The molecule has 0 saturated carbocycles. The van der Waals surface area contributed by atoms with Gasteiger partial charge in [0.2, 0.25) is 0 Å². The summed E-state index contributed by atoms with van der Waals surface area (Å²) in [6.45, 7) is -0.0268. The van der Waals surface area contributed by atoms with Crippen LogP contribution in [0.5, 0.6) is 0 Å². The van der Waals surface area contributed by atoms with E-state index in [0.717, 1.165) is 10.6 Å². The Morgan fingerprint density at radius 1 is 1.65 bits per heavy atom. The quantitative estimate of drug-likeness (QED) is 0.387. The van der Waals surface area contributed by atoms with Crippen LogP contribution in [-0.2, 0) is 16.2 Å². The van der Waals surface area contributed by atoms with Crippen molar-refractivity contribution in [2.45, 2.75) is 13.0 Å². The molecule has 0 saturated heterocycles. The summed E-state index contributed by atoms with van der Waals surface area (Å²) in [4.78, 5) is 36.4. The average Bonchev–Trinajstić information content (AvgIpc) is 2.27. The van der Waals surface area contributed by atoms with E-state index in [1.165, 1.54) is 12.3 Å². The lowest BCUT2D eigenvalue weighted by Crippen LogP contribution is -2.28. The van der Waals surface area contributed by atoms with Gasteiger partial charge in [0.25, 0.3) is 0 Å². The summed E-state index contributed by atoms with van der Waals surface area (Å²) in [5.41, 5.74) is 0.387. The first-order valence-corrected chi connectivity index (χ1v) is 4.55. The Bertz CT molecular complexity index is 483. The minimum atomic E-state index is -0.779. The van der Waals surface area contributed by atoms with Gasteiger partial charge in [0, 0.05) is 18.8 Å². The van der Waals surface area contributed by atoms with E-state index in [1.54, 1.807) is 5.59 Å². The van der Waals surface area contributed by atoms with Gasteiger partial charge in [-0.15, -0.1) is 0 Å². The Morgan fingerprint density at radius 2 is 2.35 bits per heavy atom. The van der Waals surface area contributed by atoms with Crippen molar-refractivity contribution in [3.05, 3.63) is 38.8 Å². The predicted octanol–water partition coefficient (Wildman–Crippen LogP) is -0.932. The van der Waals surface area contributed by atoms with Crippen LogP contribution in [0.25, 0.3) is 0 Å². The highest BCUT2D eigenvalue weighted by atomic mass is 16.7. The molecule has 92 valence electrons. The molecule has 3 N–H and O–H groups in total. The Balaban J connectivity index is 2.79. The van der Waals surface area contributed by atoms with Crippen molar-refractivity contribution in [3.63, 3.8) is 0 Å². The smallest absolute Gasteiger partial charge is 0.334 e. The molecular formula is C8H10N4O5. The van der Waals surface area contributed by atoms with Crippen LogP contribution in [-0.4, -0.2) is 15.5 Å². The zero-order valence-electron chi connectivity index (χ0n) is 8.66. The molecule has 17 heavy (non-hydrogen) atoms. The van der Waals surface area contributed by atoms with Crippen molar-refractivity contribution in [3.8, 4) is 0 Å². The minimum absolute atomic E-state index is 0.0268. The van der Waals surface area contributed by atoms with Gasteiger partial charge in [0.15, 0.2) is 0 Å². The molecule has 0 aliphatic carbocycles. The summed E-state index contributed by atoms with van der Waals surface area (Å²) >= 11 is 0. The lowest BCUT2D eigenvalue weighted by atomic mass is 10.3. The molecule has 0 atom stereocenters. The van der Waals surface area contributed by atoms with Gasteiger partial charge in [0.05, 0.1) is 11.3 Å². The second-order valence-electron chi connectivity index (χ2n) is 2.99. The number of rotatable bonds is 5. The van der Waals surface area contributed by atoms with Crippen molar-refractivity contribution in [1.29, 1.82) is 0 Å². The maximum Gasteiger partial charge on any atom is 0.334 e. The number of hydrogen-bond donors (Lipinski definition) is 2. The second kappa shape index (κ2) is 5.72. The van der Waals surface area contributed by atoms with Crippen LogP contribution in [0, 0.1) is 10.1 Å². The Kier molecular flexibility index (Phi) is 4.31. The van der Waals surface area contributed by atoms with Crippen molar-refractivity contribution >= 4 is 11.7 Å². The Morgan fingerprint density at radius 3 is 2.94 bits per heavy atom. The third-order valence-electron chi connectivity index (χ3n) is 1.93. The molecule has 0 spiro atoms. The van der Waals surface area contributed by atoms with Crippen molar-refractivity contribution < 1.29 is 14.6 Å². The molecule has 0 unspecified atom stereocenters. The number of nitrogens with two attached hydrogens (primary N) is 1. The van der Waals surface area contributed by atoms with Crippen LogP contribution in [0.1, 0.15) is 6.42 Å². The van der Waals surface area contributed by atoms with E-state index in [-0.39, 0.29) is 13.0 Å². The summed E-state index contributed by atoms with van der Waals surface area (Å²) < 4.78 is 1.05. The third-order valence-corrected chi connectivity index (χ3v) is 1.93. The van der Waals surface area contributed by atoms with Gasteiger partial charge >= 0.3 is 17.2 Å². The van der Waals surface area contributed by atoms with Gasteiger partial charge < -0.3 is 9.40 Å². The van der Waals surface area contributed by atoms with Crippen LogP contribution >= 0.6 is 0 Å². The Labute approximate surface area is 94.9 Å². The molecule has 0 aliphatic heterocycles. The normalized spacial score (nSPS) is 9.94. The molecule has 1 rings (SSSR count). The molecule has 9 heteroatoms. The molecule has 0 aliphatic rings. The van der Waals surface area contributed by atoms with Gasteiger partial charge in [-0.2, -0.15) is 0 Å². The molecule has 0 bridgehead atoms. The van der Waals surface area contributed by atoms with Crippen molar-refractivity contribution in [2.75, 3.05) is 0 Å². The van der Waals surface area contributed by atoms with Crippen LogP contribution in [0.4, 0.5) is 5.69 Å². The summed E-state index contributed by atoms with van der Waals surface area (Å²) in [5.74, 6) is 4.07. The summed E-state index contributed by atoms with van der Waals surface area (Å²) in [6.07, 6.45) is 1.21. The number of carbonyl (C=O) groups excluding carboxylic acids is 1. The standard InChI is InChI=1S/C8H10N4O5/c9-10-17-7(13)3-5-11-4-1-2-6(8(11)14)12(15)16/h1-2,4,10H,3,5,9H2. The fourth-order valence-corrected chi connectivity index (χ4v) is 1.17. The van der Waals surface area contributed by atoms with Crippen molar-refractivity contribution in [1.82, 2.24) is 10.2 Å². The van der Waals surface area contributed by atoms with Crippen LogP contribution in [0.15, 0.2) is 23.1 Å². The van der Waals surface area contributed by atoms with E-state index in [9.17, 15) is 19.7 Å². The molecule has 1 aromatic rings. The first kappa shape index (κ1) is 12.8. The zero-order chi connectivity index (χ0) is 12.8. The summed E-state index contributed by atoms with van der Waals surface area (Å²) in [6, 6.07) is 2.45. The second-order valence-corrected chi connectivity index (χ2v) is 2.99. The number of pyridine rings is 1. The topological polar surface area (TPSA) is 129 Å². The monoisotopic (exact) mass is 242 g/mol. The number of aromatic nitrogens is 1. The summed E-state index contributed by atoms with van der Waals surface area (Å²) in [5, 5.41) is 10.5. The number of nitrogens with one attached hydrogen (secondary N) is 1. The Hall–Kier alpha value is -2.26. The van der Waals surface area contributed by atoms with Gasteiger partial charge in [0.1, 0.15) is 0 Å². The first-order valence-electron chi connectivity index (χ1n) is 4.55. The number of hydrazine groups is 1. The van der Waals surface area contributed by atoms with Gasteiger partial charge in [-0.3, -0.25) is 19.7 Å². The first-order chi connectivity index (χ1) is 8.06. The van der Waals surface area contributed by atoms with E-state index in [4.69, 9.17) is 5.84 Å². The maximum atomic E-state index is 11.5. The lowest BCUT2D eigenvalue weighted by molar-refractivity contribution is -0.386. The van der Waals surface area contributed by atoms with E-state index in [2.05, 4.69) is 4.84 Å². The summed E-state index contributed by atoms with van der Waals surface area (Å²) in [7, 11) is 0. The van der Waals surface area contributed by atoms with Crippen LogP contribution in [0.3, 0.4) is 0 Å². The van der Waals surface area contributed by atoms with Gasteiger partial charge in [-0.05, 0) is 6.07 Å². The van der Waals surface area contributed by atoms with E-state index < -0.39 is 22.1 Å². The highest BCUT2D eigenvalue weighted by Gasteiger charge is 2.14. The van der Waals surface area contributed by atoms with Crippen molar-refractivity contribution in [2.24, 2.45) is 5.84 Å². The van der Waals surface area contributed by atoms with Crippen LogP contribution in [0.2, 0.25) is 0 Å². The number of nitrogens with zero attached hydrogens (tertiary/aromatic N) is 2. The van der Waals surface area contributed by atoms with Crippen LogP contribution < -0.4 is 17.0 Å². The number of nitro groups is 1. The molecule has 1 heterocycles. The SMILES string of the molecule is NNOC(=O)CCn1cccc([N+](=O)[O-])c1=O. The van der Waals surface area contributed by atoms with E-state index in [0.29, 0.717) is 0 Å². The molecule has 9 nitrogen and oxygen atoms in total. The predicted molar refractivity (Wildman–Crippen MR) is 55.4 cm³/mol. The molecule has 0 radical (unpaired) electrons. The van der Waals surface area contributed by atoms with E-state index in [1.807, 2.05) is 0 Å². The zero-order valence-corrected chi connectivity index (χ0v) is 8.66. The third kappa shape index (κ3) is 3.36. The molecule has 1 aromatic heterocycles. The maximum absolute atomic E-state index is 11.5. The minimum Gasteiger partial charge on any atom is -0.356 e. The number of carbonyl (C=O) groups is 1. The lowest BCUT2D eigenvalue weighted by Gasteiger charge is -2.04.